The largest absolute Gasteiger partial charge is 0.378 e. The summed E-state index contributed by atoms with van der Waals surface area (Å²) in [4.78, 5) is 4.28. The Kier molecular flexibility index (Phi) is 8.61. The summed E-state index contributed by atoms with van der Waals surface area (Å²) in [5.74, 6) is 0. The Morgan fingerprint density at radius 1 is 0.489 bits per heavy atom. The van der Waals surface area contributed by atoms with Crippen LogP contribution in [-0.4, -0.2) is 28.2 Å². The molecule has 0 bridgehead atoms. The van der Waals surface area contributed by atoms with Gasteiger partial charge in [0.05, 0.1) is 5.39 Å². The summed E-state index contributed by atoms with van der Waals surface area (Å²) in [6.45, 7) is 0. The number of fused-ring (bicyclic) bond motifs is 1. The molecule has 0 saturated carbocycles. The highest BCUT2D eigenvalue weighted by molar-refractivity contribution is 6.05. The lowest BCUT2D eigenvalue weighted by Gasteiger charge is -2.20. The zero-order chi connectivity index (χ0) is 31.3. The maximum atomic E-state index is 2.26. The van der Waals surface area contributed by atoms with E-state index in [1.54, 1.807) is 0 Å². The van der Waals surface area contributed by atoms with Crippen LogP contribution in [0.2, 0.25) is 0 Å². The molecule has 0 aliphatic carbocycles. The lowest BCUT2D eigenvalue weighted by molar-refractivity contribution is -0.644. The van der Waals surface area contributed by atoms with Crippen LogP contribution in [0.15, 0.2) is 140 Å². The number of hydrogen-bond acceptors (Lipinski definition) is 2. The topological polar surface area (TPSA) is 10.4 Å². The molecule has 0 amide bonds. The molecular formula is C42H40N3+. The van der Waals surface area contributed by atoms with Crippen molar-refractivity contribution in [3.63, 3.8) is 0 Å². The Bertz CT molecular complexity index is 1910. The first-order valence-corrected chi connectivity index (χ1v) is 15.4. The van der Waals surface area contributed by atoms with Gasteiger partial charge in [-0.2, -0.15) is 0 Å². The van der Waals surface area contributed by atoms with Gasteiger partial charge in [0.2, 0.25) is 5.52 Å². The van der Waals surface area contributed by atoms with Crippen molar-refractivity contribution in [2.24, 2.45) is 7.05 Å². The van der Waals surface area contributed by atoms with Crippen LogP contribution in [0.25, 0.3) is 34.2 Å². The van der Waals surface area contributed by atoms with E-state index in [4.69, 9.17) is 0 Å². The predicted octanol–water partition coefficient (Wildman–Crippen LogP) is 8.97. The van der Waals surface area contributed by atoms with Gasteiger partial charge in [-0.15, -0.1) is 0 Å². The fourth-order valence-corrected chi connectivity index (χ4v) is 5.85. The first kappa shape index (κ1) is 29.7. The van der Waals surface area contributed by atoms with Gasteiger partial charge in [0.1, 0.15) is 7.05 Å². The molecule has 1 heterocycles. The van der Waals surface area contributed by atoms with Gasteiger partial charge in [-0.3, -0.25) is 0 Å². The maximum absolute atomic E-state index is 2.26. The third-order valence-corrected chi connectivity index (χ3v) is 8.38. The number of para-hydroxylation sites is 1. The third kappa shape index (κ3) is 6.44. The number of anilines is 2. The van der Waals surface area contributed by atoms with Crippen molar-refractivity contribution in [3.05, 3.63) is 173 Å². The standard InChI is InChI=1S/C42H40N3/c1-43(2)37-25-21-35(22-26-37)42(36-23-27-38(28-24-36)44(3)4)41(33-11-7-6-8-12-33)34-19-16-31(17-20-34)15-18-32-29-30-45(5)40-14-10-9-13-39(32)40/h6-30H,1-5H3/q+1. The van der Waals surface area contributed by atoms with Gasteiger partial charge in [0.15, 0.2) is 6.20 Å². The summed E-state index contributed by atoms with van der Waals surface area (Å²) in [7, 11) is 10.4. The van der Waals surface area contributed by atoms with Gasteiger partial charge in [-0.05, 0) is 74.9 Å². The molecule has 6 aromatic rings. The van der Waals surface area contributed by atoms with Crippen molar-refractivity contribution in [1.82, 2.24) is 0 Å². The van der Waals surface area contributed by atoms with Gasteiger partial charge in [0, 0.05) is 51.7 Å². The Morgan fingerprint density at radius 2 is 0.956 bits per heavy atom. The summed E-state index contributed by atoms with van der Waals surface area (Å²) in [5, 5.41) is 1.25. The molecule has 0 spiro atoms. The summed E-state index contributed by atoms with van der Waals surface area (Å²) < 4.78 is 2.17. The molecule has 0 atom stereocenters. The molecule has 0 unspecified atom stereocenters. The number of benzene rings is 5. The minimum Gasteiger partial charge on any atom is -0.378 e. The average molecular weight is 587 g/mol. The second-order valence-electron chi connectivity index (χ2n) is 11.9. The van der Waals surface area contributed by atoms with E-state index >= 15 is 0 Å². The minimum absolute atomic E-state index is 1.16. The average Bonchev–Trinajstić information content (AvgIpc) is 3.08. The van der Waals surface area contributed by atoms with E-state index in [1.807, 2.05) is 0 Å². The van der Waals surface area contributed by atoms with E-state index < -0.39 is 0 Å². The highest BCUT2D eigenvalue weighted by Crippen LogP contribution is 2.38. The molecule has 0 aliphatic rings. The molecule has 45 heavy (non-hydrogen) atoms. The Morgan fingerprint density at radius 3 is 1.49 bits per heavy atom. The molecule has 0 aliphatic heterocycles. The van der Waals surface area contributed by atoms with E-state index in [2.05, 4.69) is 201 Å². The van der Waals surface area contributed by atoms with Crippen molar-refractivity contribution >= 4 is 45.6 Å². The SMILES string of the molecule is CN(C)c1ccc(C(=C(c2ccccc2)c2ccc(/C=C/c3cc[n+](C)c4ccccc34)cc2)c2ccc(N(C)C)cc2)cc1. The van der Waals surface area contributed by atoms with Crippen LogP contribution >= 0.6 is 0 Å². The fourth-order valence-electron chi connectivity index (χ4n) is 5.85. The Balaban J connectivity index is 1.48. The molecule has 5 aromatic carbocycles. The van der Waals surface area contributed by atoms with Crippen LogP contribution < -0.4 is 14.4 Å². The van der Waals surface area contributed by atoms with Crippen molar-refractivity contribution in [1.29, 1.82) is 0 Å². The normalized spacial score (nSPS) is 11.1. The highest BCUT2D eigenvalue weighted by atomic mass is 15.1. The number of nitrogens with zero attached hydrogens (tertiary/aromatic N) is 3. The second kappa shape index (κ2) is 13.1. The van der Waals surface area contributed by atoms with Crippen LogP contribution in [0.5, 0.6) is 0 Å². The molecule has 1 aromatic heterocycles. The maximum Gasteiger partial charge on any atom is 0.212 e. The van der Waals surface area contributed by atoms with E-state index in [1.165, 1.54) is 61.2 Å². The molecule has 3 heteroatoms. The van der Waals surface area contributed by atoms with Gasteiger partial charge >= 0.3 is 0 Å². The van der Waals surface area contributed by atoms with Crippen molar-refractivity contribution in [2.45, 2.75) is 0 Å². The van der Waals surface area contributed by atoms with E-state index in [9.17, 15) is 0 Å². The number of aryl methyl sites for hydroxylation is 1. The molecule has 0 radical (unpaired) electrons. The third-order valence-electron chi connectivity index (χ3n) is 8.38. The second-order valence-corrected chi connectivity index (χ2v) is 11.9. The lowest BCUT2D eigenvalue weighted by atomic mass is 9.85. The van der Waals surface area contributed by atoms with Gasteiger partial charge in [-0.25, -0.2) is 4.57 Å². The molecule has 0 N–H and O–H groups in total. The summed E-state index contributed by atoms with van der Waals surface area (Å²) in [6, 6.07) is 48.2. The zero-order valence-electron chi connectivity index (χ0n) is 26.8. The Hall–Kier alpha value is -5.41. The van der Waals surface area contributed by atoms with Gasteiger partial charge < -0.3 is 9.80 Å². The molecule has 222 valence electrons. The van der Waals surface area contributed by atoms with Crippen molar-refractivity contribution < 1.29 is 4.57 Å². The lowest BCUT2D eigenvalue weighted by Crippen LogP contribution is -2.28. The highest BCUT2D eigenvalue weighted by Gasteiger charge is 2.17. The minimum atomic E-state index is 1.16. The number of rotatable bonds is 8. The summed E-state index contributed by atoms with van der Waals surface area (Å²) >= 11 is 0. The van der Waals surface area contributed by atoms with Crippen LogP contribution in [0.4, 0.5) is 11.4 Å². The number of pyridine rings is 1. The molecule has 6 rings (SSSR count). The molecule has 3 nitrogen and oxygen atoms in total. The van der Waals surface area contributed by atoms with Crippen LogP contribution in [0.1, 0.15) is 33.4 Å². The van der Waals surface area contributed by atoms with Crippen LogP contribution in [-0.2, 0) is 7.05 Å². The van der Waals surface area contributed by atoms with Gasteiger partial charge in [-0.1, -0.05) is 103 Å². The van der Waals surface area contributed by atoms with Crippen LogP contribution in [0.3, 0.4) is 0 Å². The van der Waals surface area contributed by atoms with Crippen molar-refractivity contribution in [2.75, 3.05) is 38.0 Å². The summed E-state index contributed by atoms with van der Waals surface area (Å²) in [5.41, 5.74) is 13.1. The fraction of sp³-hybridized carbons (Fsp3) is 0.119. The Labute approximate surface area is 267 Å². The molecule has 0 saturated heterocycles. The summed E-state index contributed by atoms with van der Waals surface area (Å²) in [6.07, 6.45) is 6.55. The number of aromatic nitrogens is 1. The van der Waals surface area contributed by atoms with E-state index in [0.29, 0.717) is 0 Å². The quantitative estimate of drug-likeness (QED) is 0.130. The van der Waals surface area contributed by atoms with E-state index in [-0.39, 0.29) is 0 Å². The van der Waals surface area contributed by atoms with E-state index in [0.717, 1.165) is 5.56 Å². The zero-order valence-corrected chi connectivity index (χ0v) is 26.8. The monoisotopic (exact) mass is 586 g/mol. The van der Waals surface area contributed by atoms with Crippen molar-refractivity contribution in [3.8, 4) is 0 Å². The first-order valence-electron chi connectivity index (χ1n) is 15.4. The number of hydrogen-bond donors (Lipinski definition) is 0. The smallest absolute Gasteiger partial charge is 0.212 e. The van der Waals surface area contributed by atoms with Gasteiger partial charge in [0.25, 0.3) is 0 Å². The van der Waals surface area contributed by atoms with Crippen LogP contribution in [0, 0.1) is 0 Å². The first-order chi connectivity index (χ1) is 21.9. The molecule has 0 fully saturated rings. The predicted molar refractivity (Wildman–Crippen MR) is 193 cm³/mol. The molecular weight excluding hydrogens is 546 g/mol.